The maximum Gasteiger partial charge on any atom is 0.274 e. The standard InChI is InChI=1S/C20H22N4O3/c1-11-7-8-16(27-3)15(9-11)13-5-4-6-14-17(21)19(24-23-18(13)14)20(26)22-10-12(2)25/h4-9,12,25H,10H2,1-3H3,(H2,21,23)(H,22,26). The molecule has 27 heavy (non-hydrogen) atoms. The van der Waals surface area contributed by atoms with Crippen LogP contribution in [-0.4, -0.2) is 41.0 Å². The van der Waals surface area contributed by atoms with Crippen LogP contribution < -0.4 is 15.8 Å². The molecule has 1 heterocycles. The smallest absolute Gasteiger partial charge is 0.274 e. The van der Waals surface area contributed by atoms with Gasteiger partial charge in [-0.15, -0.1) is 10.2 Å². The van der Waals surface area contributed by atoms with E-state index >= 15 is 0 Å². The third-order valence-corrected chi connectivity index (χ3v) is 4.25. The van der Waals surface area contributed by atoms with Crippen molar-refractivity contribution in [2.24, 2.45) is 0 Å². The Bertz CT molecular complexity index is 1000. The number of anilines is 1. The predicted octanol–water partition coefficient (Wildman–Crippen LogP) is 2.31. The van der Waals surface area contributed by atoms with Crippen LogP contribution >= 0.6 is 0 Å². The van der Waals surface area contributed by atoms with Crippen LogP contribution in [0.4, 0.5) is 5.69 Å². The molecule has 7 heteroatoms. The zero-order valence-electron chi connectivity index (χ0n) is 15.5. The van der Waals surface area contributed by atoms with Gasteiger partial charge in [0.05, 0.1) is 18.9 Å². The Hall–Kier alpha value is -3.19. The molecule has 0 bridgehead atoms. The number of aliphatic hydroxyl groups excluding tert-OH is 1. The minimum Gasteiger partial charge on any atom is -0.496 e. The van der Waals surface area contributed by atoms with Crippen molar-refractivity contribution in [1.29, 1.82) is 0 Å². The Balaban J connectivity index is 2.13. The number of hydrogen-bond acceptors (Lipinski definition) is 6. The van der Waals surface area contributed by atoms with Crippen LogP contribution in [0.15, 0.2) is 36.4 Å². The largest absolute Gasteiger partial charge is 0.496 e. The lowest BCUT2D eigenvalue weighted by molar-refractivity contribution is 0.0919. The highest BCUT2D eigenvalue weighted by atomic mass is 16.5. The van der Waals surface area contributed by atoms with Crippen molar-refractivity contribution in [3.8, 4) is 16.9 Å². The van der Waals surface area contributed by atoms with E-state index in [1.807, 2.05) is 37.3 Å². The van der Waals surface area contributed by atoms with Crippen LogP contribution in [0.1, 0.15) is 23.0 Å². The zero-order chi connectivity index (χ0) is 19.6. The van der Waals surface area contributed by atoms with Crippen LogP contribution in [-0.2, 0) is 0 Å². The quantitative estimate of drug-likeness (QED) is 0.639. The molecule has 3 rings (SSSR count). The summed E-state index contributed by atoms with van der Waals surface area (Å²) in [5, 5.41) is 20.8. The van der Waals surface area contributed by atoms with Gasteiger partial charge in [-0.05, 0) is 26.0 Å². The van der Waals surface area contributed by atoms with E-state index in [-0.39, 0.29) is 17.9 Å². The average Bonchev–Trinajstić information content (AvgIpc) is 2.66. The van der Waals surface area contributed by atoms with Crippen molar-refractivity contribution in [2.75, 3.05) is 19.4 Å². The zero-order valence-corrected chi connectivity index (χ0v) is 15.5. The van der Waals surface area contributed by atoms with Crippen molar-refractivity contribution in [1.82, 2.24) is 15.5 Å². The van der Waals surface area contributed by atoms with Crippen molar-refractivity contribution < 1.29 is 14.6 Å². The van der Waals surface area contributed by atoms with Gasteiger partial charge < -0.3 is 20.9 Å². The van der Waals surface area contributed by atoms with Crippen molar-refractivity contribution >= 4 is 22.5 Å². The fourth-order valence-corrected chi connectivity index (χ4v) is 2.89. The summed E-state index contributed by atoms with van der Waals surface area (Å²) in [5.74, 6) is 0.244. The molecular weight excluding hydrogens is 344 g/mol. The van der Waals surface area contributed by atoms with Gasteiger partial charge in [-0.25, -0.2) is 0 Å². The topological polar surface area (TPSA) is 110 Å². The molecule has 140 valence electrons. The van der Waals surface area contributed by atoms with Crippen LogP contribution in [0, 0.1) is 6.92 Å². The van der Waals surface area contributed by atoms with Crippen LogP contribution in [0.3, 0.4) is 0 Å². The predicted molar refractivity (Wildman–Crippen MR) is 105 cm³/mol. The summed E-state index contributed by atoms with van der Waals surface area (Å²) in [6.07, 6.45) is -0.663. The Morgan fingerprint density at radius 1 is 1.26 bits per heavy atom. The SMILES string of the molecule is COc1ccc(C)cc1-c1cccc2c(N)c(C(=O)NCC(C)O)nnc12. The number of nitrogens with two attached hydrogens (primary N) is 1. The molecule has 0 aliphatic carbocycles. The van der Waals surface area contributed by atoms with E-state index in [2.05, 4.69) is 15.5 Å². The van der Waals surface area contributed by atoms with Crippen LogP contribution in [0.25, 0.3) is 22.0 Å². The molecule has 2 aromatic carbocycles. The number of methoxy groups -OCH3 is 1. The number of nitrogen functional groups attached to an aromatic ring is 1. The number of aryl methyl sites for hydroxylation is 1. The number of ether oxygens (including phenoxy) is 1. The number of amides is 1. The van der Waals surface area contributed by atoms with Gasteiger partial charge in [0.25, 0.3) is 5.91 Å². The van der Waals surface area contributed by atoms with E-state index in [0.29, 0.717) is 16.7 Å². The molecule has 1 amide bonds. The molecule has 0 aliphatic heterocycles. The van der Waals surface area contributed by atoms with E-state index in [0.717, 1.165) is 16.7 Å². The molecule has 1 aromatic heterocycles. The molecule has 0 radical (unpaired) electrons. The number of aliphatic hydroxyl groups is 1. The molecule has 0 saturated heterocycles. The number of carbonyl (C=O) groups excluding carboxylic acids is 1. The molecule has 4 N–H and O–H groups in total. The third-order valence-electron chi connectivity index (χ3n) is 4.25. The number of fused-ring (bicyclic) bond motifs is 1. The van der Waals surface area contributed by atoms with E-state index < -0.39 is 12.0 Å². The van der Waals surface area contributed by atoms with Gasteiger partial charge in [-0.1, -0.05) is 29.8 Å². The molecule has 3 aromatic rings. The molecule has 1 unspecified atom stereocenters. The van der Waals surface area contributed by atoms with Crippen LogP contribution in [0.5, 0.6) is 5.75 Å². The average molecular weight is 366 g/mol. The van der Waals surface area contributed by atoms with Gasteiger partial charge in [0.1, 0.15) is 11.3 Å². The van der Waals surface area contributed by atoms with Crippen molar-refractivity contribution in [3.05, 3.63) is 47.7 Å². The number of aromatic nitrogens is 2. The summed E-state index contributed by atoms with van der Waals surface area (Å²) < 4.78 is 5.48. The number of rotatable bonds is 5. The summed E-state index contributed by atoms with van der Waals surface area (Å²) in [6.45, 7) is 3.69. The molecule has 7 nitrogen and oxygen atoms in total. The van der Waals surface area contributed by atoms with E-state index in [4.69, 9.17) is 10.5 Å². The van der Waals surface area contributed by atoms with Crippen molar-refractivity contribution in [2.45, 2.75) is 20.0 Å². The summed E-state index contributed by atoms with van der Waals surface area (Å²) in [4.78, 5) is 12.3. The highest BCUT2D eigenvalue weighted by Gasteiger charge is 2.18. The van der Waals surface area contributed by atoms with Crippen LogP contribution in [0.2, 0.25) is 0 Å². The molecule has 1 atom stereocenters. The maximum atomic E-state index is 12.3. The Kier molecular flexibility index (Phi) is 5.23. The third kappa shape index (κ3) is 3.68. The second-order valence-electron chi connectivity index (χ2n) is 6.43. The molecule has 0 fully saturated rings. The minimum absolute atomic E-state index is 0.0384. The number of hydrogen-bond donors (Lipinski definition) is 3. The fraction of sp³-hybridized carbons (Fsp3) is 0.250. The highest BCUT2D eigenvalue weighted by Crippen LogP contribution is 2.36. The number of nitrogens with zero attached hydrogens (tertiary/aromatic N) is 2. The van der Waals surface area contributed by atoms with E-state index in [1.165, 1.54) is 0 Å². The number of carbonyl (C=O) groups is 1. The monoisotopic (exact) mass is 366 g/mol. The lowest BCUT2D eigenvalue weighted by atomic mass is 9.99. The number of nitrogens with one attached hydrogen (secondary N) is 1. The Morgan fingerprint density at radius 2 is 2.04 bits per heavy atom. The summed E-state index contributed by atoms with van der Waals surface area (Å²) in [7, 11) is 1.62. The fourth-order valence-electron chi connectivity index (χ4n) is 2.89. The van der Waals surface area contributed by atoms with E-state index in [1.54, 1.807) is 20.1 Å². The molecular formula is C20H22N4O3. The first kappa shape index (κ1) is 18.6. The lowest BCUT2D eigenvalue weighted by Gasteiger charge is -2.13. The second kappa shape index (κ2) is 7.59. The Morgan fingerprint density at radius 3 is 2.74 bits per heavy atom. The molecule has 0 aliphatic rings. The second-order valence-corrected chi connectivity index (χ2v) is 6.43. The van der Waals surface area contributed by atoms with Gasteiger partial charge in [0.15, 0.2) is 5.69 Å². The van der Waals surface area contributed by atoms with Crippen molar-refractivity contribution in [3.63, 3.8) is 0 Å². The molecule has 0 saturated carbocycles. The van der Waals surface area contributed by atoms with Gasteiger partial charge in [0, 0.05) is 23.1 Å². The van der Waals surface area contributed by atoms with Gasteiger partial charge >= 0.3 is 0 Å². The van der Waals surface area contributed by atoms with Gasteiger partial charge in [0.2, 0.25) is 0 Å². The first-order chi connectivity index (χ1) is 12.9. The summed E-state index contributed by atoms with van der Waals surface area (Å²) >= 11 is 0. The van der Waals surface area contributed by atoms with Gasteiger partial charge in [-0.2, -0.15) is 0 Å². The lowest BCUT2D eigenvalue weighted by Crippen LogP contribution is -2.31. The molecule has 0 spiro atoms. The summed E-state index contributed by atoms with van der Waals surface area (Å²) in [6, 6.07) is 11.5. The number of benzene rings is 2. The Labute approximate surface area is 157 Å². The normalized spacial score (nSPS) is 12.0. The first-order valence-corrected chi connectivity index (χ1v) is 8.58. The summed E-state index contributed by atoms with van der Waals surface area (Å²) in [5.41, 5.74) is 9.87. The highest BCUT2D eigenvalue weighted by molar-refractivity contribution is 6.07. The first-order valence-electron chi connectivity index (χ1n) is 8.58. The van der Waals surface area contributed by atoms with E-state index in [9.17, 15) is 9.90 Å². The minimum atomic E-state index is -0.663. The van der Waals surface area contributed by atoms with Gasteiger partial charge in [-0.3, -0.25) is 4.79 Å². The maximum absolute atomic E-state index is 12.3.